The Morgan fingerprint density at radius 3 is 2.58 bits per heavy atom. The van der Waals surface area contributed by atoms with Crippen molar-refractivity contribution < 1.29 is 22.7 Å². The number of likely N-dealkylation sites (N-methyl/N-ethyl adjacent to an activating group) is 1. The van der Waals surface area contributed by atoms with E-state index in [0.29, 0.717) is 49.8 Å². The van der Waals surface area contributed by atoms with Crippen LogP contribution in [0.15, 0.2) is 54.9 Å². The summed E-state index contributed by atoms with van der Waals surface area (Å²) in [6.07, 6.45) is 0.634. The molecular formula is C31H34F3N7O2. The first-order valence-corrected chi connectivity index (χ1v) is 14.3. The molecule has 12 heteroatoms. The van der Waals surface area contributed by atoms with Crippen LogP contribution in [0, 0.1) is 11.3 Å². The van der Waals surface area contributed by atoms with E-state index < -0.39 is 17.3 Å². The van der Waals surface area contributed by atoms with Gasteiger partial charge < -0.3 is 25.2 Å². The summed E-state index contributed by atoms with van der Waals surface area (Å²) in [5.74, 6) is 0.483. The van der Waals surface area contributed by atoms with Gasteiger partial charge in [-0.15, -0.1) is 0 Å². The summed E-state index contributed by atoms with van der Waals surface area (Å²) < 4.78 is 45.5. The van der Waals surface area contributed by atoms with Crippen LogP contribution in [0.4, 0.5) is 23.7 Å². The Labute approximate surface area is 248 Å². The lowest BCUT2D eigenvalue weighted by molar-refractivity contribution is -0.137. The predicted molar refractivity (Wildman–Crippen MR) is 155 cm³/mol. The third-order valence-corrected chi connectivity index (χ3v) is 8.13. The second-order valence-electron chi connectivity index (χ2n) is 11.0. The van der Waals surface area contributed by atoms with Crippen LogP contribution >= 0.6 is 0 Å². The lowest BCUT2D eigenvalue weighted by Crippen LogP contribution is -2.57. The zero-order valence-electron chi connectivity index (χ0n) is 24.1. The van der Waals surface area contributed by atoms with Gasteiger partial charge in [-0.3, -0.25) is 4.98 Å². The number of ether oxygens (including phenoxy) is 1. The number of nitrogens with zero attached hydrogens (tertiary/aromatic N) is 5. The average Bonchev–Trinajstić information content (AvgIpc) is 3.41. The number of hydrogen-bond donors (Lipinski definition) is 2. The quantitative estimate of drug-likeness (QED) is 0.400. The molecule has 5 rings (SSSR count). The summed E-state index contributed by atoms with van der Waals surface area (Å²) in [6.45, 7) is 4.84. The Kier molecular flexibility index (Phi) is 8.73. The largest absolute Gasteiger partial charge is 0.477 e. The molecule has 0 bridgehead atoms. The van der Waals surface area contributed by atoms with Gasteiger partial charge in [0, 0.05) is 38.1 Å². The van der Waals surface area contributed by atoms with E-state index in [1.807, 2.05) is 49.2 Å². The minimum atomic E-state index is -4.54. The van der Waals surface area contributed by atoms with E-state index in [1.165, 1.54) is 6.07 Å². The molecule has 2 aliphatic heterocycles. The second kappa shape index (κ2) is 12.5. The van der Waals surface area contributed by atoms with Crippen LogP contribution in [0.3, 0.4) is 0 Å². The fraction of sp³-hybridized carbons (Fsp3) is 0.419. The molecule has 1 atom stereocenters. The molecule has 226 valence electrons. The normalized spacial score (nSPS) is 18.6. The summed E-state index contributed by atoms with van der Waals surface area (Å²) in [5.41, 5.74) is 0.998. The van der Waals surface area contributed by atoms with Crippen molar-refractivity contribution in [1.29, 1.82) is 5.26 Å². The molecule has 0 spiro atoms. The van der Waals surface area contributed by atoms with Gasteiger partial charge in [0.25, 0.3) is 0 Å². The van der Waals surface area contributed by atoms with Gasteiger partial charge in [-0.2, -0.15) is 18.4 Å². The number of pyridine rings is 2. The van der Waals surface area contributed by atoms with Crippen molar-refractivity contribution in [3.63, 3.8) is 0 Å². The third-order valence-electron chi connectivity index (χ3n) is 8.13. The summed E-state index contributed by atoms with van der Waals surface area (Å²) in [4.78, 5) is 26.4. The molecule has 1 aromatic carbocycles. The molecule has 0 saturated carbocycles. The van der Waals surface area contributed by atoms with Crippen LogP contribution in [-0.4, -0.2) is 66.8 Å². The lowest BCUT2D eigenvalue weighted by Gasteiger charge is -2.43. The van der Waals surface area contributed by atoms with Crippen LogP contribution in [0.2, 0.25) is 0 Å². The van der Waals surface area contributed by atoms with Crippen molar-refractivity contribution in [1.82, 2.24) is 25.5 Å². The van der Waals surface area contributed by atoms with Crippen molar-refractivity contribution in [3.05, 3.63) is 71.5 Å². The molecular weight excluding hydrogens is 559 g/mol. The molecule has 2 aliphatic rings. The van der Waals surface area contributed by atoms with Crippen LogP contribution in [-0.2, 0) is 11.7 Å². The number of piperidine rings is 1. The van der Waals surface area contributed by atoms with Crippen molar-refractivity contribution >= 4 is 11.7 Å². The number of likely N-dealkylation sites (tertiary alicyclic amines) is 1. The number of nitriles is 1. The van der Waals surface area contributed by atoms with E-state index in [9.17, 15) is 23.2 Å². The summed E-state index contributed by atoms with van der Waals surface area (Å²) in [5, 5.41) is 15.9. The summed E-state index contributed by atoms with van der Waals surface area (Å²) in [7, 11) is 2.01. The maximum atomic E-state index is 13.3. The monoisotopic (exact) mass is 593 g/mol. The van der Waals surface area contributed by atoms with E-state index in [1.54, 1.807) is 12.4 Å². The van der Waals surface area contributed by atoms with Crippen LogP contribution < -0.4 is 20.3 Å². The molecule has 3 aromatic rings. The zero-order chi connectivity index (χ0) is 30.6. The topological polar surface area (TPSA) is 106 Å². The number of amides is 2. The predicted octanol–water partition coefficient (Wildman–Crippen LogP) is 4.93. The van der Waals surface area contributed by atoms with E-state index in [4.69, 9.17) is 9.72 Å². The molecule has 0 radical (unpaired) electrons. The number of carbonyl (C=O) groups is 1. The highest BCUT2D eigenvalue weighted by atomic mass is 19.4. The second-order valence-corrected chi connectivity index (χ2v) is 11.0. The average molecular weight is 594 g/mol. The highest BCUT2D eigenvalue weighted by Gasteiger charge is 2.40. The Bertz CT molecular complexity index is 1480. The highest BCUT2D eigenvalue weighted by Crippen LogP contribution is 2.38. The number of carbonyl (C=O) groups excluding carboxylic acids is 1. The van der Waals surface area contributed by atoms with E-state index in [2.05, 4.69) is 20.5 Å². The van der Waals surface area contributed by atoms with Gasteiger partial charge >= 0.3 is 12.2 Å². The third kappa shape index (κ3) is 6.67. The Morgan fingerprint density at radius 2 is 1.95 bits per heavy atom. The van der Waals surface area contributed by atoms with Gasteiger partial charge in [-0.05, 0) is 81.7 Å². The van der Waals surface area contributed by atoms with Gasteiger partial charge in [-0.1, -0.05) is 6.07 Å². The molecule has 9 nitrogen and oxygen atoms in total. The van der Waals surface area contributed by atoms with Crippen molar-refractivity contribution in [3.8, 4) is 23.2 Å². The molecule has 2 fully saturated rings. The number of rotatable bonds is 7. The van der Waals surface area contributed by atoms with Crippen LogP contribution in [0.5, 0.6) is 5.88 Å². The molecule has 2 aromatic heterocycles. The molecule has 2 N–H and O–H groups in total. The summed E-state index contributed by atoms with van der Waals surface area (Å²) in [6, 6.07) is 12.4. The first-order valence-electron chi connectivity index (χ1n) is 14.3. The number of alkyl halides is 3. The molecule has 2 amide bonds. The number of hydrogen-bond acceptors (Lipinski definition) is 7. The Hall–Kier alpha value is -4.37. The lowest BCUT2D eigenvalue weighted by atomic mass is 9.81. The fourth-order valence-electron chi connectivity index (χ4n) is 5.86. The number of aromatic nitrogens is 2. The van der Waals surface area contributed by atoms with Crippen molar-refractivity contribution in [2.75, 3.05) is 44.7 Å². The Morgan fingerprint density at radius 1 is 1.16 bits per heavy atom. The number of urea groups is 1. The standard InChI is InChI=1S/C31H34F3N7O2/c1-3-43-28-25(5-4-13-36-28)26-8-6-23(19-37-26)30(39-29(42)38-24-10-14-40(2)20-24)11-15-41(16-12-30)27-9-7-22(31(32,33)34)17-21(27)18-35/h4-9,13,17,19,24H,3,10-12,14-16,20H2,1-2H3,(H2,38,39,42)/t24-/m0/s1. The van der Waals surface area contributed by atoms with E-state index in [-0.39, 0.29) is 17.6 Å². The van der Waals surface area contributed by atoms with Crippen LogP contribution in [0.25, 0.3) is 11.3 Å². The van der Waals surface area contributed by atoms with Gasteiger partial charge in [0.15, 0.2) is 0 Å². The fourth-order valence-corrected chi connectivity index (χ4v) is 5.86. The zero-order valence-corrected chi connectivity index (χ0v) is 24.1. The molecule has 43 heavy (non-hydrogen) atoms. The van der Waals surface area contributed by atoms with Crippen LogP contribution in [0.1, 0.15) is 42.9 Å². The highest BCUT2D eigenvalue weighted by molar-refractivity contribution is 5.76. The molecule has 0 aliphatic carbocycles. The minimum absolute atomic E-state index is 0.0361. The number of benzene rings is 1. The molecule has 0 unspecified atom stereocenters. The Balaban J connectivity index is 1.41. The maximum Gasteiger partial charge on any atom is 0.416 e. The summed E-state index contributed by atoms with van der Waals surface area (Å²) >= 11 is 0. The van der Waals surface area contributed by atoms with E-state index in [0.717, 1.165) is 42.8 Å². The van der Waals surface area contributed by atoms with Crippen molar-refractivity contribution in [2.45, 2.75) is 43.9 Å². The first-order chi connectivity index (χ1) is 20.6. The minimum Gasteiger partial charge on any atom is -0.477 e. The van der Waals surface area contributed by atoms with Gasteiger partial charge in [0.05, 0.1) is 40.2 Å². The number of halogens is 3. The molecule has 2 saturated heterocycles. The smallest absolute Gasteiger partial charge is 0.416 e. The van der Waals surface area contributed by atoms with Gasteiger partial charge in [0.1, 0.15) is 6.07 Å². The van der Waals surface area contributed by atoms with Gasteiger partial charge in [0.2, 0.25) is 5.88 Å². The maximum absolute atomic E-state index is 13.3. The number of anilines is 1. The number of nitrogens with one attached hydrogen (secondary N) is 2. The van der Waals surface area contributed by atoms with E-state index >= 15 is 0 Å². The first kappa shape index (κ1) is 30.1. The van der Waals surface area contributed by atoms with Gasteiger partial charge in [-0.25, -0.2) is 9.78 Å². The molecule has 4 heterocycles. The SMILES string of the molecule is CCOc1ncccc1-c1ccc(C2(NC(=O)N[C@H]3CCN(C)C3)CCN(c3ccc(C(F)(F)F)cc3C#N)CC2)cn1. The van der Waals surface area contributed by atoms with Crippen molar-refractivity contribution in [2.24, 2.45) is 0 Å².